The number of nitrogens with zero attached hydrogens (tertiary/aromatic N) is 4. The van der Waals surface area contributed by atoms with Gasteiger partial charge in [-0.25, -0.2) is 15.0 Å². The van der Waals surface area contributed by atoms with Crippen LogP contribution < -0.4 is 0 Å². The zero-order valence-corrected chi connectivity index (χ0v) is 33.7. The van der Waals surface area contributed by atoms with E-state index in [-0.39, 0.29) is 0 Å². The largest absolute Gasteiger partial charge is 0.309 e. The smallest absolute Gasteiger partial charge is 0.164 e. The first-order valence-electron chi connectivity index (χ1n) is 21.1. The van der Waals surface area contributed by atoms with Crippen LogP contribution >= 0.6 is 0 Å². The van der Waals surface area contributed by atoms with Gasteiger partial charge >= 0.3 is 0 Å². The molecule has 0 amide bonds. The Kier molecular flexibility index (Phi) is 8.36. The van der Waals surface area contributed by atoms with Gasteiger partial charge < -0.3 is 4.57 Å². The summed E-state index contributed by atoms with van der Waals surface area (Å²) < 4.78 is 2.50. The fourth-order valence-corrected chi connectivity index (χ4v) is 9.71. The highest BCUT2D eigenvalue weighted by Crippen LogP contribution is 2.56. The number of rotatable bonds is 7. The molecule has 0 aliphatic carbocycles. The lowest BCUT2D eigenvalue weighted by Gasteiger charge is -2.42. The summed E-state index contributed by atoms with van der Waals surface area (Å²) in [6.45, 7) is 0. The molecule has 0 fully saturated rings. The Morgan fingerprint density at radius 2 is 0.726 bits per heavy atom. The zero-order valence-electron chi connectivity index (χ0n) is 33.7. The summed E-state index contributed by atoms with van der Waals surface area (Å²) in [5, 5.41) is 2.43. The minimum Gasteiger partial charge on any atom is -0.309 e. The van der Waals surface area contributed by atoms with Crippen LogP contribution in [-0.2, 0) is 5.41 Å². The van der Waals surface area contributed by atoms with Gasteiger partial charge in [0.2, 0.25) is 0 Å². The Bertz CT molecular complexity index is 3320. The molecule has 0 radical (unpaired) electrons. The molecule has 9 aromatic carbocycles. The molecule has 0 spiro atoms. The van der Waals surface area contributed by atoms with E-state index in [4.69, 9.17) is 15.0 Å². The fraction of sp³-hybridized carbons (Fsp3) is 0.0172. The van der Waals surface area contributed by atoms with Gasteiger partial charge in [0.15, 0.2) is 17.5 Å². The first-order valence-corrected chi connectivity index (χ1v) is 21.1. The maximum atomic E-state index is 5.23. The number of hydrogen-bond donors (Lipinski definition) is 0. The molecule has 0 saturated carbocycles. The van der Waals surface area contributed by atoms with Crippen LogP contribution in [0, 0.1) is 0 Å². The van der Waals surface area contributed by atoms with Crippen molar-refractivity contribution in [3.8, 4) is 62.1 Å². The monoisotopic (exact) mass is 790 g/mol. The predicted molar refractivity (Wildman–Crippen MR) is 253 cm³/mol. The van der Waals surface area contributed by atoms with E-state index in [0.717, 1.165) is 33.5 Å². The molecule has 1 aliphatic rings. The van der Waals surface area contributed by atoms with Gasteiger partial charge in [-0.1, -0.05) is 188 Å². The Morgan fingerprint density at radius 1 is 0.306 bits per heavy atom. The van der Waals surface area contributed by atoms with Crippen molar-refractivity contribution in [1.29, 1.82) is 0 Å². The number of hydrogen-bond acceptors (Lipinski definition) is 3. The van der Waals surface area contributed by atoms with E-state index in [1.165, 1.54) is 55.2 Å². The van der Waals surface area contributed by atoms with E-state index in [9.17, 15) is 0 Å². The topological polar surface area (TPSA) is 43.6 Å². The molecule has 4 heteroatoms. The molecule has 0 unspecified atom stereocenters. The normalized spacial score (nSPS) is 12.6. The van der Waals surface area contributed by atoms with Crippen LogP contribution in [0.4, 0.5) is 0 Å². The number of benzene rings is 9. The second-order valence-corrected chi connectivity index (χ2v) is 16.0. The second kappa shape index (κ2) is 14.5. The van der Waals surface area contributed by atoms with Crippen molar-refractivity contribution in [3.63, 3.8) is 0 Å². The van der Waals surface area contributed by atoms with Gasteiger partial charge in [-0.15, -0.1) is 0 Å². The van der Waals surface area contributed by atoms with E-state index in [2.05, 4.69) is 199 Å². The molecule has 0 saturated heterocycles. The number of aromatic nitrogens is 4. The van der Waals surface area contributed by atoms with Gasteiger partial charge in [-0.3, -0.25) is 0 Å². The summed E-state index contributed by atoms with van der Waals surface area (Å²) in [7, 11) is 0. The highest BCUT2D eigenvalue weighted by Gasteiger charge is 2.46. The molecule has 4 nitrogen and oxygen atoms in total. The first kappa shape index (κ1) is 35.7. The van der Waals surface area contributed by atoms with Crippen LogP contribution in [-0.4, -0.2) is 19.5 Å². The molecule has 0 N–H and O–H groups in total. The van der Waals surface area contributed by atoms with Crippen molar-refractivity contribution in [1.82, 2.24) is 19.5 Å². The summed E-state index contributed by atoms with van der Waals surface area (Å²) in [6, 6.07) is 82.6. The van der Waals surface area contributed by atoms with Crippen LogP contribution in [0.25, 0.3) is 83.9 Å². The lowest BCUT2D eigenvalue weighted by molar-refractivity contribution is 0.728. The quantitative estimate of drug-likeness (QED) is 0.161. The number of fused-ring (bicyclic) bond motifs is 5. The minimum atomic E-state index is -0.735. The SMILES string of the molecule is c1ccc(-c2ccc3c(c2)c2cc(-c4ccccc4)cc4c2n3-c2ccc(-c3nc(-c5ccccc5)nc(-c5ccccc5)n3)cc2C4(c2ccccc2)c2ccccc2)cc1. The Labute approximate surface area is 360 Å². The molecule has 0 atom stereocenters. The lowest BCUT2D eigenvalue weighted by atomic mass is 9.62. The zero-order chi connectivity index (χ0) is 41.0. The van der Waals surface area contributed by atoms with E-state index in [1.54, 1.807) is 0 Å². The third-order valence-electron chi connectivity index (χ3n) is 12.5. The maximum Gasteiger partial charge on any atom is 0.164 e. The molecule has 290 valence electrons. The van der Waals surface area contributed by atoms with E-state index in [0.29, 0.717) is 17.5 Å². The Balaban J connectivity index is 1.22. The van der Waals surface area contributed by atoms with Crippen molar-refractivity contribution < 1.29 is 0 Å². The third-order valence-corrected chi connectivity index (χ3v) is 12.5. The lowest BCUT2D eigenvalue weighted by Crippen LogP contribution is -2.35. The minimum absolute atomic E-state index is 0.620. The molecule has 11 aromatic rings. The Morgan fingerprint density at radius 3 is 1.26 bits per heavy atom. The molecule has 1 aliphatic heterocycles. The first-order chi connectivity index (χ1) is 30.7. The van der Waals surface area contributed by atoms with Gasteiger partial charge in [0.25, 0.3) is 0 Å². The summed E-state index contributed by atoms with van der Waals surface area (Å²) in [5.74, 6) is 1.89. The summed E-state index contributed by atoms with van der Waals surface area (Å²) in [4.78, 5) is 15.5. The molecular formula is C58H38N4. The molecule has 12 rings (SSSR count). The van der Waals surface area contributed by atoms with Crippen LogP contribution in [0.5, 0.6) is 0 Å². The molecule has 62 heavy (non-hydrogen) atoms. The van der Waals surface area contributed by atoms with Crippen LogP contribution in [0.1, 0.15) is 22.3 Å². The fourth-order valence-electron chi connectivity index (χ4n) is 9.71. The highest BCUT2D eigenvalue weighted by molar-refractivity contribution is 6.14. The van der Waals surface area contributed by atoms with E-state index >= 15 is 0 Å². The third kappa shape index (κ3) is 5.65. The standard InChI is InChI=1S/C58H38N4/c1-7-19-39(20-8-1)43-31-33-52-48(35-43)49-36-45(40-21-9-2-10-22-40)38-51-54(49)62(52)53-34-32-44(37-50(53)58(51,46-27-15-5-16-28-46)47-29-17-6-18-30-47)57-60-55(41-23-11-3-12-24-41)59-56(61-57)42-25-13-4-14-26-42/h1-38H. The average Bonchev–Trinajstić information content (AvgIpc) is 3.69. The Hall–Kier alpha value is -8.21. The van der Waals surface area contributed by atoms with Crippen molar-refractivity contribution in [2.75, 3.05) is 0 Å². The second-order valence-electron chi connectivity index (χ2n) is 16.0. The van der Waals surface area contributed by atoms with Crippen molar-refractivity contribution in [2.24, 2.45) is 0 Å². The molecule has 2 aromatic heterocycles. The van der Waals surface area contributed by atoms with Gasteiger partial charge in [0.05, 0.1) is 22.1 Å². The van der Waals surface area contributed by atoms with E-state index < -0.39 is 5.41 Å². The molecule has 0 bridgehead atoms. The summed E-state index contributed by atoms with van der Waals surface area (Å²) in [5.41, 5.74) is 15.0. The summed E-state index contributed by atoms with van der Waals surface area (Å²) >= 11 is 0. The van der Waals surface area contributed by atoms with Crippen molar-refractivity contribution >= 4 is 21.8 Å². The van der Waals surface area contributed by atoms with Crippen LogP contribution in [0.3, 0.4) is 0 Å². The predicted octanol–water partition coefficient (Wildman–Crippen LogP) is 14.0. The van der Waals surface area contributed by atoms with Crippen LogP contribution in [0.2, 0.25) is 0 Å². The van der Waals surface area contributed by atoms with Gasteiger partial charge in [0.1, 0.15) is 0 Å². The summed E-state index contributed by atoms with van der Waals surface area (Å²) in [6.07, 6.45) is 0. The van der Waals surface area contributed by atoms with Gasteiger partial charge in [0, 0.05) is 27.5 Å². The van der Waals surface area contributed by atoms with Crippen molar-refractivity contribution in [2.45, 2.75) is 5.41 Å². The van der Waals surface area contributed by atoms with Crippen molar-refractivity contribution in [3.05, 3.63) is 253 Å². The maximum absolute atomic E-state index is 5.23. The van der Waals surface area contributed by atoms with E-state index in [1.807, 2.05) is 36.4 Å². The molecular weight excluding hydrogens is 753 g/mol. The van der Waals surface area contributed by atoms with Gasteiger partial charge in [-0.2, -0.15) is 0 Å². The van der Waals surface area contributed by atoms with Gasteiger partial charge in [-0.05, 0) is 87.0 Å². The average molecular weight is 791 g/mol. The highest BCUT2D eigenvalue weighted by atomic mass is 15.0. The van der Waals surface area contributed by atoms with Crippen LogP contribution in [0.15, 0.2) is 231 Å². The molecule has 3 heterocycles.